The van der Waals surface area contributed by atoms with E-state index in [-0.39, 0.29) is 11.7 Å². The van der Waals surface area contributed by atoms with Crippen LogP contribution in [-0.2, 0) is 16.0 Å². The lowest BCUT2D eigenvalue weighted by Crippen LogP contribution is -2.56. The van der Waals surface area contributed by atoms with E-state index >= 15 is 0 Å². The highest BCUT2D eigenvalue weighted by atomic mass is 16.6. The molecule has 0 bridgehead atoms. The van der Waals surface area contributed by atoms with Crippen LogP contribution in [-0.4, -0.2) is 63.3 Å². The van der Waals surface area contributed by atoms with Gasteiger partial charge >= 0.3 is 0 Å². The Morgan fingerprint density at radius 3 is 2.63 bits per heavy atom. The third-order valence-corrected chi connectivity index (χ3v) is 7.35. The molecule has 27 heavy (non-hydrogen) atoms. The van der Waals surface area contributed by atoms with Gasteiger partial charge in [-0.1, -0.05) is 0 Å². The summed E-state index contributed by atoms with van der Waals surface area (Å²) in [5.41, 5.74) is 1.97. The number of aliphatic hydroxyl groups excluding tert-OH is 1. The second-order valence-electron chi connectivity index (χ2n) is 9.87. The maximum atomic E-state index is 10.2. The summed E-state index contributed by atoms with van der Waals surface area (Å²) >= 11 is 0. The van der Waals surface area contributed by atoms with E-state index in [1.807, 2.05) is 20.0 Å². The number of ether oxygens (including phenoxy) is 2. The van der Waals surface area contributed by atoms with Gasteiger partial charge in [-0.25, -0.2) is 0 Å². The summed E-state index contributed by atoms with van der Waals surface area (Å²) in [6.07, 6.45) is 6.78. The van der Waals surface area contributed by atoms with Crippen molar-refractivity contribution in [3.63, 3.8) is 0 Å². The van der Waals surface area contributed by atoms with Crippen LogP contribution in [0, 0.1) is 12.3 Å². The highest BCUT2D eigenvalue weighted by Gasteiger charge is 2.53. The molecule has 1 aromatic rings. The van der Waals surface area contributed by atoms with Crippen LogP contribution >= 0.6 is 0 Å². The van der Waals surface area contributed by atoms with Crippen molar-refractivity contribution in [2.75, 3.05) is 19.7 Å². The summed E-state index contributed by atoms with van der Waals surface area (Å²) in [6, 6.07) is 0. The summed E-state index contributed by atoms with van der Waals surface area (Å²) in [7, 11) is 0. The zero-order chi connectivity index (χ0) is 19.3. The van der Waals surface area contributed by atoms with Gasteiger partial charge in [-0.05, 0) is 78.3 Å². The molecular weight excluding hydrogens is 342 g/mol. The summed E-state index contributed by atoms with van der Waals surface area (Å²) in [4.78, 5) is 2.54. The Bertz CT molecular complexity index is 665. The van der Waals surface area contributed by atoms with Crippen molar-refractivity contribution >= 4 is 0 Å². The molecule has 3 saturated heterocycles. The summed E-state index contributed by atoms with van der Waals surface area (Å²) in [6.45, 7) is 12.3. The van der Waals surface area contributed by atoms with Gasteiger partial charge in [0.2, 0.25) is 0 Å². The van der Waals surface area contributed by atoms with Crippen molar-refractivity contribution in [3.05, 3.63) is 17.5 Å². The normalized spacial score (nSPS) is 36.3. The van der Waals surface area contributed by atoms with Crippen molar-refractivity contribution in [1.82, 2.24) is 15.1 Å². The van der Waals surface area contributed by atoms with Crippen LogP contribution in [0.4, 0.5) is 0 Å². The molecular formula is C21H35N3O3. The molecule has 6 nitrogen and oxygen atoms in total. The lowest BCUT2D eigenvalue weighted by atomic mass is 9.73. The zero-order valence-electron chi connectivity index (χ0n) is 17.3. The van der Waals surface area contributed by atoms with Gasteiger partial charge in [0.25, 0.3) is 0 Å². The molecule has 0 unspecified atom stereocenters. The smallest absolute Gasteiger partial charge is 0.0924 e. The molecule has 0 saturated carbocycles. The number of hydrogen-bond donors (Lipinski definition) is 2. The van der Waals surface area contributed by atoms with Gasteiger partial charge in [-0.3, -0.25) is 10.00 Å². The Kier molecular flexibility index (Phi) is 4.90. The maximum Gasteiger partial charge on any atom is 0.0924 e. The van der Waals surface area contributed by atoms with Gasteiger partial charge in [0.1, 0.15) is 0 Å². The van der Waals surface area contributed by atoms with Crippen LogP contribution in [0.15, 0.2) is 6.20 Å². The lowest BCUT2D eigenvalue weighted by molar-refractivity contribution is -0.245. The monoisotopic (exact) mass is 377 g/mol. The molecule has 0 radical (unpaired) electrons. The van der Waals surface area contributed by atoms with E-state index < -0.39 is 11.7 Å². The molecule has 2 N–H and O–H groups in total. The van der Waals surface area contributed by atoms with Crippen LogP contribution in [0.25, 0.3) is 0 Å². The molecule has 1 spiro atoms. The van der Waals surface area contributed by atoms with Crippen molar-refractivity contribution in [2.24, 2.45) is 5.41 Å². The van der Waals surface area contributed by atoms with Crippen LogP contribution < -0.4 is 0 Å². The number of H-pyrrole nitrogens is 1. The number of aryl methyl sites for hydroxylation is 1. The largest absolute Gasteiger partial charge is 0.390 e. The number of nitrogens with one attached hydrogen (secondary N) is 1. The Morgan fingerprint density at radius 1 is 1.26 bits per heavy atom. The molecule has 3 aliphatic heterocycles. The molecule has 0 aromatic carbocycles. The van der Waals surface area contributed by atoms with Gasteiger partial charge in [0.15, 0.2) is 0 Å². The van der Waals surface area contributed by atoms with Crippen LogP contribution in [0.5, 0.6) is 0 Å². The van der Waals surface area contributed by atoms with Gasteiger partial charge in [0.05, 0.1) is 36.2 Å². The van der Waals surface area contributed by atoms with Crippen molar-refractivity contribution < 1.29 is 14.6 Å². The molecule has 6 heteroatoms. The fourth-order valence-electron chi connectivity index (χ4n) is 5.21. The predicted octanol–water partition coefficient (Wildman–Crippen LogP) is 2.80. The van der Waals surface area contributed by atoms with Gasteiger partial charge in [-0.2, -0.15) is 5.10 Å². The fraction of sp³-hybridized carbons (Fsp3) is 0.857. The number of hydrogen-bond acceptors (Lipinski definition) is 5. The minimum atomic E-state index is -0.502. The summed E-state index contributed by atoms with van der Waals surface area (Å²) in [5, 5.41) is 17.4. The topological polar surface area (TPSA) is 70.6 Å². The van der Waals surface area contributed by atoms with Crippen molar-refractivity contribution in [2.45, 2.75) is 89.8 Å². The number of rotatable bonds is 3. The Morgan fingerprint density at radius 2 is 2.00 bits per heavy atom. The first-order chi connectivity index (χ1) is 12.7. The number of aromatic nitrogens is 2. The fourth-order valence-corrected chi connectivity index (χ4v) is 5.21. The molecule has 3 fully saturated rings. The number of aliphatic hydroxyl groups is 1. The molecule has 4 rings (SSSR count). The number of aromatic amines is 1. The van der Waals surface area contributed by atoms with Crippen molar-refractivity contribution in [1.29, 1.82) is 0 Å². The molecule has 4 heterocycles. The molecule has 1 aromatic heterocycles. The standard InChI is InChI=1S/C21H35N3O3/c1-15-16(12-22-23-15)13-24-9-7-21(8-10-24)11-18(26-14-21)20(4)6-5-17(25)19(2,3)27-20/h12,17-18,25H,5-11,13-14H2,1-4H3,(H,22,23)/t17-,18+,20+/m0/s1. The number of nitrogens with zero attached hydrogens (tertiary/aromatic N) is 2. The van der Waals surface area contributed by atoms with E-state index in [0.29, 0.717) is 5.41 Å². The summed E-state index contributed by atoms with van der Waals surface area (Å²) in [5.74, 6) is 0. The predicted molar refractivity (Wildman–Crippen MR) is 103 cm³/mol. The van der Waals surface area contributed by atoms with E-state index in [0.717, 1.165) is 45.5 Å². The highest BCUT2D eigenvalue weighted by Crippen LogP contribution is 2.49. The van der Waals surface area contributed by atoms with Crippen molar-refractivity contribution in [3.8, 4) is 0 Å². The first-order valence-electron chi connectivity index (χ1n) is 10.4. The zero-order valence-corrected chi connectivity index (χ0v) is 17.3. The Hall–Kier alpha value is -0.950. The second-order valence-corrected chi connectivity index (χ2v) is 9.87. The average Bonchev–Trinajstić information content (AvgIpc) is 3.21. The van der Waals surface area contributed by atoms with Gasteiger partial charge < -0.3 is 14.6 Å². The van der Waals surface area contributed by atoms with E-state index in [1.54, 1.807) is 0 Å². The van der Waals surface area contributed by atoms with Crippen LogP contribution in [0.3, 0.4) is 0 Å². The molecule has 0 amide bonds. The molecule has 3 aliphatic rings. The second kappa shape index (κ2) is 6.83. The number of likely N-dealkylation sites (tertiary alicyclic amines) is 1. The Labute approximate surface area is 162 Å². The minimum Gasteiger partial charge on any atom is -0.390 e. The molecule has 0 aliphatic carbocycles. The minimum absolute atomic E-state index is 0.131. The van der Waals surface area contributed by atoms with Crippen LogP contribution in [0.1, 0.15) is 64.1 Å². The van der Waals surface area contributed by atoms with E-state index in [1.165, 1.54) is 24.1 Å². The van der Waals surface area contributed by atoms with Gasteiger partial charge in [0, 0.05) is 17.8 Å². The SMILES string of the molecule is Cc1[nH]ncc1CN1CCC2(CC1)CO[C@@H]([C@@]1(C)CC[C@H](O)C(C)(C)O1)C2. The lowest BCUT2D eigenvalue weighted by Gasteiger charge is -2.48. The molecule has 3 atom stereocenters. The first kappa shape index (κ1) is 19.4. The maximum absolute atomic E-state index is 10.2. The van der Waals surface area contributed by atoms with E-state index in [9.17, 15) is 5.11 Å². The highest BCUT2D eigenvalue weighted by molar-refractivity contribution is 5.14. The Balaban J connectivity index is 1.35. The first-order valence-corrected chi connectivity index (χ1v) is 10.4. The third-order valence-electron chi connectivity index (χ3n) is 7.35. The average molecular weight is 378 g/mol. The van der Waals surface area contributed by atoms with E-state index in [4.69, 9.17) is 9.47 Å². The summed E-state index contributed by atoms with van der Waals surface area (Å²) < 4.78 is 12.7. The quantitative estimate of drug-likeness (QED) is 0.848. The molecule has 152 valence electrons. The van der Waals surface area contributed by atoms with Crippen LogP contribution in [0.2, 0.25) is 0 Å². The third kappa shape index (κ3) is 3.69. The number of piperidine rings is 1. The van der Waals surface area contributed by atoms with E-state index in [2.05, 4.69) is 28.9 Å². The van der Waals surface area contributed by atoms with Gasteiger partial charge in [-0.15, -0.1) is 0 Å².